The minimum atomic E-state index is 0.363. The third-order valence-corrected chi connectivity index (χ3v) is 4.12. The van der Waals surface area contributed by atoms with Crippen LogP contribution in [0.3, 0.4) is 0 Å². The summed E-state index contributed by atoms with van der Waals surface area (Å²) < 4.78 is 12.1. The Morgan fingerprint density at radius 1 is 1.24 bits per heavy atom. The molecule has 2 aromatic rings. The maximum absolute atomic E-state index is 5.89. The van der Waals surface area contributed by atoms with Crippen LogP contribution < -0.4 is 15.2 Å². The molecule has 0 saturated carbocycles. The summed E-state index contributed by atoms with van der Waals surface area (Å²) in [7, 11) is 1.64. The molecule has 0 amide bonds. The zero-order valence-corrected chi connectivity index (χ0v) is 14.3. The smallest absolute Gasteiger partial charge is 0.123 e. The average molecular weight is 366 g/mol. The van der Waals surface area contributed by atoms with Crippen LogP contribution >= 0.6 is 28.1 Å². The lowest BCUT2D eigenvalue weighted by Crippen LogP contribution is -2.09. The van der Waals surface area contributed by atoms with Crippen LogP contribution in [-0.2, 0) is 6.61 Å². The molecule has 0 bridgehead atoms. The Hall–Kier alpha value is -1.59. The Labute approximate surface area is 138 Å². The molecule has 0 radical (unpaired) electrons. The summed E-state index contributed by atoms with van der Waals surface area (Å²) in [5, 5.41) is 0. The van der Waals surface area contributed by atoms with Crippen LogP contribution in [0.15, 0.2) is 40.9 Å². The first-order valence-electron chi connectivity index (χ1n) is 6.37. The van der Waals surface area contributed by atoms with Crippen molar-refractivity contribution in [2.24, 2.45) is 5.73 Å². The van der Waals surface area contributed by atoms with Crippen LogP contribution in [0.2, 0.25) is 0 Å². The first kappa shape index (κ1) is 15.8. The summed E-state index contributed by atoms with van der Waals surface area (Å²) in [6.07, 6.45) is 0. The Morgan fingerprint density at radius 2 is 2.00 bits per heavy atom. The van der Waals surface area contributed by atoms with E-state index in [0.717, 1.165) is 32.7 Å². The second kappa shape index (κ2) is 6.91. The van der Waals surface area contributed by atoms with E-state index in [4.69, 9.17) is 27.4 Å². The maximum atomic E-state index is 5.89. The fourth-order valence-corrected chi connectivity index (χ4v) is 2.34. The van der Waals surface area contributed by atoms with Gasteiger partial charge in [-0.2, -0.15) is 0 Å². The van der Waals surface area contributed by atoms with Crippen LogP contribution in [0.4, 0.5) is 0 Å². The Balaban J connectivity index is 2.20. The third kappa shape index (κ3) is 3.95. The summed E-state index contributed by atoms with van der Waals surface area (Å²) in [5.74, 6) is 1.57. The van der Waals surface area contributed by atoms with Gasteiger partial charge in [-0.25, -0.2) is 0 Å². The van der Waals surface area contributed by atoms with E-state index in [2.05, 4.69) is 15.9 Å². The zero-order valence-electron chi connectivity index (χ0n) is 11.9. The molecule has 0 unspecified atom stereocenters. The van der Waals surface area contributed by atoms with Gasteiger partial charge in [0.15, 0.2) is 0 Å². The number of aryl methyl sites for hydroxylation is 1. The number of rotatable bonds is 5. The van der Waals surface area contributed by atoms with Crippen molar-refractivity contribution in [3.05, 3.63) is 57.6 Å². The van der Waals surface area contributed by atoms with Gasteiger partial charge in [-0.3, -0.25) is 0 Å². The summed E-state index contributed by atoms with van der Waals surface area (Å²) in [4.78, 5) is 0.363. The Kier molecular flexibility index (Phi) is 5.20. The van der Waals surface area contributed by atoms with Gasteiger partial charge in [0.05, 0.1) is 7.11 Å². The van der Waals surface area contributed by atoms with E-state index < -0.39 is 0 Å². The van der Waals surface area contributed by atoms with Crippen molar-refractivity contribution in [1.29, 1.82) is 0 Å². The van der Waals surface area contributed by atoms with E-state index in [9.17, 15) is 0 Å². The normalized spacial score (nSPS) is 10.2. The fraction of sp³-hybridized carbons (Fsp3) is 0.188. The summed E-state index contributed by atoms with van der Waals surface area (Å²) in [6.45, 7) is 2.42. The molecule has 21 heavy (non-hydrogen) atoms. The number of hydrogen-bond donors (Lipinski definition) is 1. The van der Waals surface area contributed by atoms with E-state index >= 15 is 0 Å². The van der Waals surface area contributed by atoms with Crippen LogP contribution in [0.25, 0.3) is 0 Å². The standard InChI is InChI=1S/C16H16BrNO2S/c1-10-3-4-11(16(18)21)8-15(10)20-9-12-7-13(19-2)5-6-14(12)17/h3-8H,9H2,1-2H3,(H2,18,21). The highest BCUT2D eigenvalue weighted by Crippen LogP contribution is 2.26. The lowest BCUT2D eigenvalue weighted by atomic mass is 10.1. The van der Waals surface area contributed by atoms with E-state index in [1.54, 1.807) is 7.11 Å². The van der Waals surface area contributed by atoms with Crippen LogP contribution in [0.5, 0.6) is 11.5 Å². The van der Waals surface area contributed by atoms with Crippen molar-refractivity contribution in [3.8, 4) is 11.5 Å². The monoisotopic (exact) mass is 365 g/mol. The summed E-state index contributed by atoms with van der Waals surface area (Å²) in [5.41, 5.74) is 8.50. The minimum Gasteiger partial charge on any atom is -0.497 e. The summed E-state index contributed by atoms with van der Waals surface area (Å²) in [6, 6.07) is 11.5. The molecule has 2 rings (SSSR count). The number of halogens is 1. The molecule has 0 aromatic heterocycles. The van der Waals surface area contributed by atoms with Gasteiger partial charge in [0.25, 0.3) is 0 Å². The van der Waals surface area contributed by atoms with E-state index in [1.807, 2.05) is 43.3 Å². The van der Waals surface area contributed by atoms with Gasteiger partial charge in [0, 0.05) is 15.6 Å². The van der Waals surface area contributed by atoms with Crippen LogP contribution in [0.1, 0.15) is 16.7 Å². The van der Waals surface area contributed by atoms with Gasteiger partial charge in [-0.15, -0.1) is 0 Å². The van der Waals surface area contributed by atoms with Gasteiger partial charge in [0.2, 0.25) is 0 Å². The molecular formula is C16H16BrNO2S. The van der Waals surface area contributed by atoms with Crippen molar-refractivity contribution in [2.75, 3.05) is 7.11 Å². The first-order chi connectivity index (χ1) is 10.0. The second-order valence-electron chi connectivity index (χ2n) is 4.59. The molecule has 0 saturated heterocycles. The van der Waals surface area contributed by atoms with Gasteiger partial charge < -0.3 is 15.2 Å². The molecule has 0 atom stereocenters. The average Bonchev–Trinajstić information content (AvgIpc) is 2.47. The van der Waals surface area contributed by atoms with Crippen molar-refractivity contribution in [2.45, 2.75) is 13.5 Å². The highest BCUT2D eigenvalue weighted by Gasteiger charge is 2.07. The number of thiocarbonyl (C=S) groups is 1. The van der Waals surface area contributed by atoms with Crippen LogP contribution in [-0.4, -0.2) is 12.1 Å². The molecule has 0 fully saturated rings. The lowest BCUT2D eigenvalue weighted by Gasteiger charge is -2.12. The Morgan fingerprint density at radius 3 is 2.67 bits per heavy atom. The maximum Gasteiger partial charge on any atom is 0.123 e. The van der Waals surface area contributed by atoms with Gasteiger partial charge in [0.1, 0.15) is 23.1 Å². The first-order valence-corrected chi connectivity index (χ1v) is 7.57. The molecule has 0 spiro atoms. The molecule has 0 aliphatic rings. The number of nitrogens with two attached hydrogens (primary N) is 1. The highest BCUT2D eigenvalue weighted by molar-refractivity contribution is 9.10. The predicted molar refractivity (Wildman–Crippen MR) is 92.1 cm³/mol. The van der Waals surface area contributed by atoms with Gasteiger partial charge in [-0.1, -0.05) is 40.3 Å². The summed E-state index contributed by atoms with van der Waals surface area (Å²) >= 11 is 8.51. The molecular weight excluding hydrogens is 350 g/mol. The predicted octanol–water partition coefficient (Wildman–Crippen LogP) is 3.98. The minimum absolute atomic E-state index is 0.363. The number of hydrogen-bond acceptors (Lipinski definition) is 3. The van der Waals surface area contributed by atoms with Crippen molar-refractivity contribution in [3.63, 3.8) is 0 Å². The van der Waals surface area contributed by atoms with E-state index in [-0.39, 0.29) is 0 Å². The SMILES string of the molecule is COc1ccc(Br)c(COc2cc(C(N)=S)ccc2C)c1. The molecule has 5 heteroatoms. The largest absolute Gasteiger partial charge is 0.497 e. The number of methoxy groups -OCH3 is 1. The van der Waals surface area contributed by atoms with Crippen molar-refractivity contribution < 1.29 is 9.47 Å². The van der Waals surface area contributed by atoms with Gasteiger partial charge in [-0.05, 0) is 36.8 Å². The Bertz CT molecular complexity index is 673. The number of ether oxygens (including phenoxy) is 2. The lowest BCUT2D eigenvalue weighted by molar-refractivity contribution is 0.302. The molecule has 2 N–H and O–H groups in total. The third-order valence-electron chi connectivity index (χ3n) is 3.11. The second-order valence-corrected chi connectivity index (χ2v) is 5.88. The zero-order chi connectivity index (χ0) is 15.4. The molecule has 0 aliphatic heterocycles. The van der Waals surface area contributed by atoms with Crippen molar-refractivity contribution in [1.82, 2.24) is 0 Å². The highest BCUT2D eigenvalue weighted by atomic mass is 79.9. The van der Waals surface area contributed by atoms with Gasteiger partial charge >= 0.3 is 0 Å². The molecule has 0 aliphatic carbocycles. The quantitative estimate of drug-likeness (QED) is 0.813. The molecule has 2 aromatic carbocycles. The van der Waals surface area contributed by atoms with Crippen molar-refractivity contribution >= 4 is 33.1 Å². The molecule has 3 nitrogen and oxygen atoms in total. The molecule has 110 valence electrons. The fourth-order valence-electron chi connectivity index (χ4n) is 1.85. The van der Waals surface area contributed by atoms with E-state index in [1.165, 1.54) is 0 Å². The topological polar surface area (TPSA) is 44.5 Å². The van der Waals surface area contributed by atoms with Crippen LogP contribution in [0, 0.1) is 6.92 Å². The number of benzene rings is 2. The van der Waals surface area contributed by atoms with E-state index in [0.29, 0.717) is 11.6 Å². The molecule has 0 heterocycles.